The normalized spacial score (nSPS) is 44.7. The number of piperidine rings is 6. The van der Waals surface area contributed by atoms with Gasteiger partial charge in [0.25, 0.3) is 0 Å². The molecule has 0 aromatic heterocycles. The lowest BCUT2D eigenvalue weighted by molar-refractivity contribution is -0.122. The average Bonchev–Trinajstić information content (AvgIpc) is 2.68. The van der Waals surface area contributed by atoms with Crippen LogP contribution in [0.4, 0.5) is 0 Å². The van der Waals surface area contributed by atoms with Gasteiger partial charge in [-0.3, -0.25) is 4.79 Å². The van der Waals surface area contributed by atoms with Gasteiger partial charge in [0.2, 0.25) is 0 Å². The summed E-state index contributed by atoms with van der Waals surface area (Å²) in [5.74, 6) is 0.466. The van der Waals surface area contributed by atoms with Crippen LogP contribution in [0.2, 0.25) is 0 Å². The number of Topliss-reactive ketones (excluding diaryl/α,β-unsaturated/α-hetero) is 1. The number of aliphatic hydroxyl groups excluding tert-OH is 2. The number of nitrogens with one attached hydrogen (secondary N) is 3. The molecule has 6 saturated heterocycles. The molecule has 6 heterocycles. The van der Waals surface area contributed by atoms with Crippen LogP contribution in [-0.2, 0) is 4.79 Å². The predicted octanol–water partition coefficient (Wildman–Crippen LogP) is 2.16. The summed E-state index contributed by atoms with van der Waals surface area (Å²) in [5, 5.41) is 29.3. The highest BCUT2D eigenvalue weighted by Crippen LogP contribution is 2.26. The van der Waals surface area contributed by atoms with E-state index >= 15 is 0 Å². The molecular weight excluding hydrogens is 378 g/mol. The lowest BCUT2D eigenvalue weighted by Crippen LogP contribution is -2.50. The summed E-state index contributed by atoms with van der Waals surface area (Å²) in [6.45, 7) is 0. The third-order valence-electron chi connectivity index (χ3n) is 7.90. The summed E-state index contributed by atoms with van der Waals surface area (Å²) in [7, 11) is 0. The van der Waals surface area contributed by atoms with Crippen molar-refractivity contribution in [2.45, 2.75) is 145 Å². The van der Waals surface area contributed by atoms with Gasteiger partial charge in [-0.25, -0.2) is 0 Å². The first-order chi connectivity index (χ1) is 14.5. The Morgan fingerprint density at radius 3 is 1.20 bits per heavy atom. The van der Waals surface area contributed by atoms with E-state index in [1.165, 1.54) is 57.8 Å². The van der Waals surface area contributed by atoms with Crippen molar-refractivity contribution in [2.24, 2.45) is 0 Å². The number of hydrogen-bond acceptors (Lipinski definition) is 6. The molecule has 172 valence electrons. The van der Waals surface area contributed by atoms with Gasteiger partial charge < -0.3 is 26.2 Å². The number of hydrogen-bond donors (Lipinski definition) is 5. The van der Waals surface area contributed by atoms with Gasteiger partial charge in [-0.1, -0.05) is 19.3 Å². The summed E-state index contributed by atoms with van der Waals surface area (Å²) in [6.07, 6.45) is 17.0. The van der Waals surface area contributed by atoms with Crippen LogP contribution in [-0.4, -0.2) is 64.5 Å². The van der Waals surface area contributed by atoms with Crippen molar-refractivity contribution < 1.29 is 15.0 Å². The van der Waals surface area contributed by atoms with E-state index in [1.54, 1.807) is 0 Å². The third-order valence-corrected chi connectivity index (χ3v) is 7.90. The van der Waals surface area contributed by atoms with Crippen molar-refractivity contribution in [1.29, 1.82) is 0 Å². The fourth-order valence-corrected chi connectivity index (χ4v) is 6.54. The Labute approximate surface area is 182 Å². The zero-order valence-electron chi connectivity index (χ0n) is 18.5. The molecule has 0 saturated carbocycles. The van der Waals surface area contributed by atoms with Crippen molar-refractivity contribution in [2.75, 3.05) is 0 Å². The van der Waals surface area contributed by atoms with Crippen LogP contribution in [0.5, 0.6) is 0 Å². The predicted molar refractivity (Wildman–Crippen MR) is 118 cm³/mol. The second-order valence-corrected chi connectivity index (χ2v) is 10.7. The number of carbonyl (C=O) groups is 1. The highest BCUT2D eigenvalue weighted by atomic mass is 16.3. The summed E-state index contributed by atoms with van der Waals surface area (Å²) in [6, 6.07) is 3.56. The Morgan fingerprint density at radius 1 is 0.533 bits per heavy atom. The van der Waals surface area contributed by atoms with E-state index in [-0.39, 0.29) is 12.2 Å². The van der Waals surface area contributed by atoms with Crippen LogP contribution in [0, 0.1) is 0 Å². The monoisotopic (exact) mass is 421 g/mol. The minimum Gasteiger partial charge on any atom is -0.393 e. The maximum absolute atomic E-state index is 11.0. The zero-order chi connectivity index (χ0) is 20.9. The van der Waals surface area contributed by atoms with Gasteiger partial charge in [0, 0.05) is 49.1 Å². The largest absolute Gasteiger partial charge is 0.393 e. The highest BCUT2D eigenvalue weighted by Gasteiger charge is 2.31. The van der Waals surface area contributed by atoms with Crippen LogP contribution in [0.1, 0.15) is 96.3 Å². The number of fused-ring (bicyclic) bond motifs is 6. The maximum atomic E-state index is 11.0. The standard InChI is InChI=1S/2C8H15NO.C8H13NO/c3*10-8-4-6-2-1-3-7(5-8)9-6/h2*6-10H,1-5H2;6-7,9H,1-5H2. The lowest BCUT2D eigenvalue weighted by atomic mass is 9.85. The molecule has 6 nitrogen and oxygen atoms in total. The van der Waals surface area contributed by atoms with Gasteiger partial charge in [-0.2, -0.15) is 0 Å². The first-order valence-electron chi connectivity index (χ1n) is 12.7. The minimum atomic E-state index is -0.0171. The molecule has 6 unspecified atom stereocenters. The fraction of sp³-hybridized carbons (Fsp3) is 0.958. The molecule has 0 aliphatic carbocycles. The Kier molecular flexibility index (Phi) is 8.20. The van der Waals surface area contributed by atoms with E-state index in [0.29, 0.717) is 42.0 Å². The van der Waals surface area contributed by atoms with Crippen molar-refractivity contribution in [3.8, 4) is 0 Å². The molecule has 6 aliphatic rings. The molecule has 0 radical (unpaired) electrons. The van der Waals surface area contributed by atoms with E-state index in [0.717, 1.165) is 38.5 Å². The topological polar surface area (TPSA) is 93.6 Å². The van der Waals surface area contributed by atoms with Gasteiger partial charge in [0.1, 0.15) is 5.78 Å². The molecular formula is C24H43N3O3. The highest BCUT2D eigenvalue weighted by molar-refractivity contribution is 5.80. The number of rotatable bonds is 0. The Bertz CT molecular complexity index is 484. The fourth-order valence-electron chi connectivity index (χ4n) is 6.54. The van der Waals surface area contributed by atoms with E-state index in [4.69, 9.17) is 0 Å². The van der Waals surface area contributed by atoms with Crippen LogP contribution in [0.25, 0.3) is 0 Å². The molecule has 0 spiro atoms. The van der Waals surface area contributed by atoms with E-state index in [9.17, 15) is 15.0 Å². The molecule has 6 heteroatoms. The average molecular weight is 422 g/mol. The van der Waals surface area contributed by atoms with Crippen LogP contribution in [0.15, 0.2) is 0 Å². The SMILES string of the molecule is O=C1CC2CCCC(C1)N2.OC1CC2CCCC(C1)N2.OC1CC2CCCC(C1)N2. The zero-order valence-corrected chi connectivity index (χ0v) is 18.5. The lowest BCUT2D eigenvalue weighted by Gasteiger charge is -2.38. The summed E-state index contributed by atoms with van der Waals surface area (Å²) in [5.41, 5.74) is 0. The Hall–Kier alpha value is -0.530. The molecule has 0 amide bonds. The number of ketones is 1. The molecule has 6 aliphatic heterocycles. The maximum Gasteiger partial charge on any atom is 0.136 e. The first-order valence-corrected chi connectivity index (χ1v) is 12.7. The molecule has 0 aromatic rings. The number of carbonyl (C=O) groups excluding carboxylic acids is 1. The van der Waals surface area contributed by atoms with Crippen LogP contribution < -0.4 is 16.0 Å². The van der Waals surface area contributed by atoms with Crippen molar-refractivity contribution >= 4 is 5.78 Å². The molecule has 6 fully saturated rings. The van der Waals surface area contributed by atoms with Gasteiger partial charge in [0.05, 0.1) is 12.2 Å². The van der Waals surface area contributed by atoms with Crippen LogP contribution >= 0.6 is 0 Å². The van der Waals surface area contributed by atoms with Gasteiger partial charge in [-0.15, -0.1) is 0 Å². The van der Waals surface area contributed by atoms with Gasteiger partial charge in [-0.05, 0) is 64.2 Å². The van der Waals surface area contributed by atoms with Crippen LogP contribution in [0.3, 0.4) is 0 Å². The molecule has 0 aromatic carbocycles. The smallest absolute Gasteiger partial charge is 0.136 e. The van der Waals surface area contributed by atoms with Gasteiger partial charge >= 0.3 is 0 Å². The molecule has 6 bridgehead atoms. The van der Waals surface area contributed by atoms with Crippen molar-refractivity contribution in [1.82, 2.24) is 16.0 Å². The first kappa shape index (κ1) is 22.7. The summed E-state index contributed by atoms with van der Waals surface area (Å²) in [4.78, 5) is 11.0. The quantitative estimate of drug-likeness (QED) is 0.412. The summed E-state index contributed by atoms with van der Waals surface area (Å²) < 4.78 is 0. The van der Waals surface area contributed by atoms with Gasteiger partial charge in [0.15, 0.2) is 0 Å². The van der Waals surface area contributed by atoms with E-state index < -0.39 is 0 Å². The number of aliphatic hydroxyl groups is 2. The van der Waals surface area contributed by atoms with Crippen molar-refractivity contribution in [3.63, 3.8) is 0 Å². The molecule has 6 rings (SSSR count). The molecule has 30 heavy (non-hydrogen) atoms. The Morgan fingerprint density at radius 2 is 0.833 bits per heavy atom. The Balaban J connectivity index is 0.000000109. The van der Waals surface area contributed by atoms with Crippen molar-refractivity contribution in [3.05, 3.63) is 0 Å². The summed E-state index contributed by atoms with van der Waals surface area (Å²) >= 11 is 0. The molecule has 5 N–H and O–H groups in total. The second kappa shape index (κ2) is 10.9. The minimum absolute atomic E-state index is 0.0171. The van der Waals surface area contributed by atoms with E-state index in [2.05, 4.69) is 16.0 Å². The second-order valence-electron chi connectivity index (χ2n) is 10.7. The van der Waals surface area contributed by atoms with E-state index in [1.807, 2.05) is 0 Å². The third kappa shape index (κ3) is 6.73. The molecule has 6 atom stereocenters.